The van der Waals surface area contributed by atoms with Gasteiger partial charge in [0.05, 0.1) is 16.7 Å². The molecule has 2 aromatic heterocycles. The molecule has 0 saturated carbocycles. The molecule has 0 amide bonds. The van der Waals surface area contributed by atoms with Gasteiger partial charge in [-0.3, -0.25) is 4.68 Å². The molecule has 6 heteroatoms. The Kier molecular flexibility index (Phi) is 3.44. The molecular formula is C16H20BrN5. The Bertz CT molecular complexity index is 663. The Morgan fingerprint density at radius 1 is 1.09 bits per heavy atom. The maximum Gasteiger partial charge on any atom is 0.133 e. The zero-order valence-electron chi connectivity index (χ0n) is 12.9. The lowest BCUT2D eigenvalue weighted by molar-refractivity contribution is 0.313. The van der Waals surface area contributed by atoms with E-state index in [-0.39, 0.29) is 0 Å². The van der Waals surface area contributed by atoms with Crippen LogP contribution in [-0.4, -0.2) is 31.8 Å². The van der Waals surface area contributed by atoms with E-state index in [0.717, 1.165) is 34.7 Å². The summed E-state index contributed by atoms with van der Waals surface area (Å²) in [6.07, 6.45) is 8.78. The largest absolute Gasteiger partial charge is 0.350 e. The topological polar surface area (TPSA) is 46.8 Å². The summed E-state index contributed by atoms with van der Waals surface area (Å²) in [6.45, 7) is 4.03. The van der Waals surface area contributed by atoms with Gasteiger partial charge in [0.1, 0.15) is 11.6 Å². The number of rotatable bonds is 2. The van der Waals surface area contributed by atoms with Crippen molar-refractivity contribution in [2.45, 2.75) is 57.7 Å². The van der Waals surface area contributed by atoms with Gasteiger partial charge in [0, 0.05) is 30.0 Å². The fraction of sp³-hybridized carbons (Fsp3) is 0.562. The predicted molar refractivity (Wildman–Crippen MR) is 89.0 cm³/mol. The van der Waals surface area contributed by atoms with Crippen LogP contribution in [0.4, 0.5) is 5.82 Å². The Hall–Kier alpha value is -1.43. The minimum atomic E-state index is 0.504. The first-order chi connectivity index (χ1) is 10.6. The van der Waals surface area contributed by atoms with Crippen molar-refractivity contribution in [1.29, 1.82) is 0 Å². The molecule has 0 radical (unpaired) electrons. The van der Waals surface area contributed by atoms with E-state index in [1.54, 1.807) is 0 Å². The van der Waals surface area contributed by atoms with E-state index in [2.05, 4.69) is 52.8 Å². The number of piperidine rings is 1. The number of aromatic nitrogens is 4. The number of anilines is 1. The maximum atomic E-state index is 4.69. The quantitative estimate of drug-likeness (QED) is 0.821. The minimum Gasteiger partial charge on any atom is -0.350 e. The van der Waals surface area contributed by atoms with Gasteiger partial charge in [-0.25, -0.2) is 9.97 Å². The first-order valence-electron chi connectivity index (χ1n) is 7.90. The third-order valence-electron chi connectivity index (χ3n) is 4.87. The van der Waals surface area contributed by atoms with Crippen LogP contribution in [0.3, 0.4) is 0 Å². The van der Waals surface area contributed by atoms with E-state index in [9.17, 15) is 0 Å². The van der Waals surface area contributed by atoms with Crippen molar-refractivity contribution in [3.05, 3.63) is 34.5 Å². The number of aryl methyl sites for hydroxylation is 2. The Morgan fingerprint density at radius 2 is 1.82 bits per heavy atom. The molecule has 5 nitrogen and oxygen atoms in total. The minimum absolute atomic E-state index is 0.504. The number of nitrogens with zero attached hydrogens (tertiary/aromatic N) is 5. The van der Waals surface area contributed by atoms with Gasteiger partial charge in [-0.15, -0.1) is 0 Å². The lowest BCUT2D eigenvalue weighted by Crippen LogP contribution is -2.44. The lowest BCUT2D eigenvalue weighted by atomic mass is 9.97. The summed E-state index contributed by atoms with van der Waals surface area (Å²) in [5.74, 6) is 1.98. The summed E-state index contributed by atoms with van der Waals surface area (Å²) in [6, 6.07) is 3.77. The van der Waals surface area contributed by atoms with Crippen LogP contribution in [0, 0.1) is 13.8 Å². The molecular weight excluding hydrogens is 342 g/mol. The first kappa shape index (κ1) is 14.2. The second kappa shape index (κ2) is 5.33. The molecule has 4 rings (SSSR count). The lowest BCUT2D eigenvalue weighted by Gasteiger charge is -2.40. The van der Waals surface area contributed by atoms with Gasteiger partial charge in [0.2, 0.25) is 0 Å². The SMILES string of the molecule is Cc1cc(N2C3CCC2CC(n2cc(Br)cn2)C3)nc(C)n1. The second-order valence-corrected chi connectivity index (χ2v) is 7.39. The van der Waals surface area contributed by atoms with Gasteiger partial charge in [-0.2, -0.15) is 5.10 Å². The van der Waals surface area contributed by atoms with Gasteiger partial charge in [-0.1, -0.05) is 0 Å². The molecule has 0 aromatic carbocycles. The van der Waals surface area contributed by atoms with Crippen molar-refractivity contribution >= 4 is 21.7 Å². The second-order valence-electron chi connectivity index (χ2n) is 6.47. The number of halogens is 1. The molecule has 22 heavy (non-hydrogen) atoms. The van der Waals surface area contributed by atoms with Gasteiger partial charge >= 0.3 is 0 Å². The summed E-state index contributed by atoms with van der Waals surface area (Å²) in [5, 5.41) is 4.49. The Morgan fingerprint density at radius 3 is 2.41 bits per heavy atom. The molecule has 2 bridgehead atoms. The Balaban J connectivity index is 1.60. The van der Waals surface area contributed by atoms with Gasteiger partial charge < -0.3 is 4.90 Å². The summed E-state index contributed by atoms with van der Waals surface area (Å²) >= 11 is 3.50. The van der Waals surface area contributed by atoms with Crippen LogP contribution in [0.15, 0.2) is 22.9 Å². The third kappa shape index (κ3) is 2.43. The van der Waals surface area contributed by atoms with Gasteiger partial charge in [-0.05, 0) is 55.5 Å². The average molecular weight is 362 g/mol. The summed E-state index contributed by atoms with van der Waals surface area (Å²) < 4.78 is 3.19. The monoisotopic (exact) mass is 361 g/mol. The highest BCUT2D eigenvalue weighted by atomic mass is 79.9. The number of hydrogen-bond acceptors (Lipinski definition) is 4. The summed E-state index contributed by atoms with van der Waals surface area (Å²) in [5.41, 5.74) is 1.06. The molecule has 2 aliphatic heterocycles. The predicted octanol–water partition coefficient (Wildman–Crippen LogP) is 3.42. The third-order valence-corrected chi connectivity index (χ3v) is 5.28. The average Bonchev–Trinajstić information content (AvgIpc) is 2.99. The van der Waals surface area contributed by atoms with Gasteiger partial charge in [0.25, 0.3) is 0 Å². The molecule has 2 atom stereocenters. The number of hydrogen-bond donors (Lipinski definition) is 0. The zero-order valence-corrected chi connectivity index (χ0v) is 14.5. The molecule has 0 aliphatic carbocycles. The van der Waals surface area contributed by atoms with Crippen LogP contribution >= 0.6 is 15.9 Å². The fourth-order valence-corrected chi connectivity index (χ4v) is 4.38. The molecule has 2 fully saturated rings. The molecule has 2 saturated heterocycles. The van der Waals surface area contributed by atoms with Crippen molar-refractivity contribution in [2.75, 3.05) is 4.90 Å². The highest BCUT2D eigenvalue weighted by Gasteiger charge is 2.42. The van der Waals surface area contributed by atoms with Crippen LogP contribution in [0.1, 0.15) is 43.2 Å². The first-order valence-corrected chi connectivity index (χ1v) is 8.70. The highest BCUT2D eigenvalue weighted by Crippen LogP contribution is 2.42. The van der Waals surface area contributed by atoms with Crippen LogP contribution in [0.5, 0.6) is 0 Å². The van der Waals surface area contributed by atoms with Gasteiger partial charge in [0.15, 0.2) is 0 Å². The van der Waals surface area contributed by atoms with E-state index >= 15 is 0 Å². The molecule has 2 unspecified atom stereocenters. The molecule has 4 heterocycles. The van der Waals surface area contributed by atoms with Crippen molar-refractivity contribution < 1.29 is 0 Å². The van der Waals surface area contributed by atoms with Crippen molar-refractivity contribution in [2.24, 2.45) is 0 Å². The van der Waals surface area contributed by atoms with Crippen molar-refractivity contribution in [3.8, 4) is 0 Å². The standard InChI is InChI=1S/C16H20BrN5/c1-10-5-16(20-11(2)19-10)22-13-3-4-14(22)7-15(6-13)21-9-12(17)8-18-21/h5,8-9,13-15H,3-4,6-7H2,1-2H3. The molecule has 116 valence electrons. The fourth-order valence-electron chi connectivity index (χ4n) is 4.08. The smallest absolute Gasteiger partial charge is 0.133 e. The molecule has 2 aromatic rings. The van der Waals surface area contributed by atoms with Crippen molar-refractivity contribution in [3.63, 3.8) is 0 Å². The molecule has 0 N–H and O–H groups in total. The van der Waals surface area contributed by atoms with E-state index in [0.29, 0.717) is 18.1 Å². The summed E-state index contributed by atoms with van der Waals surface area (Å²) in [7, 11) is 0. The normalized spacial score (nSPS) is 27.4. The Labute approximate surface area is 138 Å². The molecule has 2 aliphatic rings. The van der Waals surface area contributed by atoms with Crippen LogP contribution < -0.4 is 4.90 Å². The zero-order chi connectivity index (χ0) is 15.3. The van der Waals surface area contributed by atoms with Crippen LogP contribution in [0.2, 0.25) is 0 Å². The summed E-state index contributed by atoms with van der Waals surface area (Å²) in [4.78, 5) is 11.6. The maximum absolute atomic E-state index is 4.69. The van der Waals surface area contributed by atoms with Crippen molar-refractivity contribution in [1.82, 2.24) is 19.7 Å². The molecule has 0 spiro atoms. The highest BCUT2D eigenvalue weighted by molar-refractivity contribution is 9.10. The van der Waals surface area contributed by atoms with Crippen LogP contribution in [0.25, 0.3) is 0 Å². The van der Waals surface area contributed by atoms with Crippen LogP contribution in [-0.2, 0) is 0 Å². The van der Waals surface area contributed by atoms with E-state index in [1.807, 2.05) is 20.0 Å². The van der Waals surface area contributed by atoms with E-state index < -0.39 is 0 Å². The number of fused-ring (bicyclic) bond motifs is 2. The van der Waals surface area contributed by atoms with E-state index in [1.165, 1.54) is 12.8 Å². The van der Waals surface area contributed by atoms with E-state index in [4.69, 9.17) is 0 Å².